The van der Waals surface area contributed by atoms with Crippen LogP contribution in [0.15, 0.2) is 22.7 Å². The van der Waals surface area contributed by atoms with Crippen LogP contribution in [0.5, 0.6) is 0 Å². The molecule has 6 heteroatoms. The number of rotatable bonds is 4. The Morgan fingerprint density at radius 3 is 2.85 bits per heavy atom. The third kappa shape index (κ3) is 3.45. The Morgan fingerprint density at radius 2 is 2.20 bits per heavy atom. The fourth-order valence-corrected chi connectivity index (χ4v) is 2.78. The summed E-state index contributed by atoms with van der Waals surface area (Å²) in [4.78, 5) is 7.49. The molecule has 2 nitrogen and oxygen atoms in total. The highest BCUT2D eigenvalue weighted by Gasteiger charge is 2.11. The molecule has 0 saturated heterocycles. The number of benzene rings is 1. The van der Waals surface area contributed by atoms with Crippen LogP contribution in [-0.2, 0) is 12.8 Å². The monoisotopic (exact) mass is 374 g/mol. The molecule has 1 N–H and O–H groups in total. The summed E-state index contributed by atoms with van der Waals surface area (Å²) in [6, 6.07) is 4.64. The van der Waals surface area contributed by atoms with E-state index in [1.54, 1.807) is 12.1 Å². The van der Waals surface area contributed by atoms with Crippen LogP contribution in [-0.4, -0.2) is 9.97 Å². The molecule has 0 amide bonds. The standard InChI is InChI=1S/C14H13BrClFN2S/c1-2-4-11-13(15)14(20)19-12(18-11)7-8-9(16)5-3-6-10(8)17/h3,5-6H,2,4,7H2,1H3,(H,18,19,20). The van der Waals surface area contributed by atoms with Crippen LogP contribution < -0.4 is 0 Å². The second-order valence-corrected chi connectivity index (χ2v) is 6.00. The van der Waals surface area contributed by atoms with E-state index >= 15 is 0 Å². The van der Waals surface area contributed by atoms with Gasteiger partial charge in [-0.15, -0.1) is 0 Å². The number of halogens is 3. The average Bonchev–Trinajstić information content (AvgIpc) is 2.40. The van der Waals surface area contributed by atoms with Crippen LogP contribution >= 0.6 is 39.7 Å². The summed E-state index contributed by atoms with van der Waals surface area (Å²) in [5.41, 5.74) is 1.41. The van der Waals surface area contributed by atoms with Crippen molar-refractivity contribution in [2.45, 2.75) is 26.2 Å². The fraction of sp³-hybridized carbons (Fsp3) is 0.286. The Balaban J connectivity index is 2.42. The van der Waals surface area contributed by atoms with E-state index in [9.17, 15) is 4.39 Å². The van der Waals surface area contributed by atoms with Crippen molar-refractivity contribution in [3.8, 4) is 0 Å². The molecule has 1 aromatic carbocycles. The Kier molecular flexibility index (Phi) is 5.29. The van der Waals surface area contributed by atoms with Gasteiger partial charge in [0.1, 0.15) is 16.3 Å². The molecular formula is C14H13BrClFN2S. The van der Waals surface area contributed by atoms with Gasteiger partial charge >= 0.3 is 0 Å². The topological polar surface area (TPSA) is 28.7 Å². The lowest BCUT2D eigenvalue weighted by Crippen LogP contribution is -2.04. The highest BCUT2D eigenvalue weighted by atomic mass is 79.9. The van der Waals surface area contributed by atoms with Crippen molar-refractivity contribution in [1.29, 1.82) is 0 Å². The molecule has 0 unspecified atom stereocenters. The molecule has 0 bridgehead atoms. The Bertz CT molecular complexity index is 667. The quantitative estimate of drug-likeness (QED) is 0.741. The number of aryl methyl sites for hydroxylation is 1. The van der Waals surface area contributed by atoms with Gasteiger partial charge in [-0.25, -0.2) is 9.37 Å². The lowest BCUT2D eigenvalue weighted by molar-refractivity contribution is 0.611. The molecule has 0 aliphatic heterocycles. The van der Waals surface area contributed by atoms with Crippen LogP contribution in [0.25, 0.3) is 0 Å². The first kappa shape index (κ1) is 15.6. The molecule has 0 spiro atoms. The zero-order valence-electron chi connectivity index (χ0n) is 10.8. The molecule has 2 aromatic rings. The van der Waals surface area contributed by atoms with E-state index in [1.807, 2.05) is 0 Å². The molecule has 106 valence electrons. The second-order valence-electron chi connectivity index (χ2n) is 4.41. The minimum atomic E-state index is -0.335. The van der Waals surface area contributed by atoms with E-state index in [0.29, 0.717) is 27.5 Å². The smallest absolute Gasteiger partial charge is 0.144 e. The van der Waals surface area contributed by atoms with Gasteiger partial charge in [0.15, 0.2) is 0 Å². The SMILES string of the molecule is CCCc1[nH]c(Cc2c(F)cccc2Cl)nc(=S)c1Br. The van der Waals surface area contributed by atoms with Gasteiger partial charge in [-0.3, -0.25) is 0 Å². The number of aromatic nitrogens is 2. The van der Waals surface area contributed by atoms with E-state index < -0.39 is 0 Å². The Labute approximate surface area is 135 Å². The van der Waals surface area contributed by atoms with Crippen molar-refractivity contribution in [3.63, 3.8) is 0 Å². The molecule has 0 radical (unpaired) electrons. The number of nitrogens with one attached hydrogen (secondary N) is 1. The maximum Gasteiger partial charge on any atom is 0.144 e. The lowest BCUT2D eigenvalue weighted by atomic mass is 10.1. The van der Waals surface area contributed by atoms with Crippen molar-refractivity contribution in [2.24, 2.45) is 0 Å². The maximum atomic E-state index is 13.8. The van der Waals surface area contributed by atoms with Crippen molar-refractivity contribution in [1.82, 2.24) is 9.97 Å². The number of hydrogen-bond acceptors (Lipinski definition) is 2. The summed E-state index contributed by atoms with van der Waals surface area (Å²) in [6.45, 7) is 2.08. The van der Waals surface area contributed by atoms with Crippen molar-refractivity contribution >= 4 is 39.7 Å². The predicted octanol–water partition coefficient (Wildman–Crippen LogP) is 5.24. The summed E-state index contributed by atoms with van der Waals surface area (Å²) >= 11 is 14.7. The summed E-state index contributed by atoms with van der Waals surface area (Å²) in [7, 11) is 0. The van der Waals surface area contributed by atoms with Crippen LogP contribution in [0.4, 0.5) is 4.39 Å². The van der Waals surface area contributed by atoms with Gasteiger partial charge in [-0.2, -0.15) is 0 Å². The van der Waals surface area contributed by atoms with Crippen LogP contribution in [0, 0.1) is 10.5 Å². The Morgan fingerprint density at radius 1 is 1.45 bits per heavy atom. The van der Waals surface area contributed by atoms with Gasteiger partial charge in [-0.1, -0.05) is 43.2 Å². The third-order valence-corrected chi connectivity index (χ3v) is 4.66. The predicted molar refractivity (Wildman–Crippen MR) is 85.3 cm³/mol. The summed E-state index contributed by atoms with van der Waals surface area (Å²) in [5.74, 6) is 0.284. The summed E-state index contributed by atoms with van der Waals surface area (Å²) in [6.07, 6.45) is 2.12. The van der Waals surface area contributed by atoms with E-state index in [0.717, 1.165) is 23.0 Å². The largest absolute Gasteiger partial charge is 0.346 e. The first-order chi connectivity index (χ1) is 9.52. The molecule has 0 saturated carbocycles. The molecule has 0 aliphatic rings. The number of hydrogen-bond donors (Lipinski definition) is 1. The van der Waals surface area contributed by atoms with Crippen molar-refractivity contribution < 1.29 is 4.39 Å². The number of H-pyrrole nitrogens is 1. The minimum absolute atomic E-state index is 0.291. The summed E-state index contributed by atoms with van der Waals surface area (Å²) in [5, 5.41) is 0.395. The van der Waals surface area contributed by atoms with Crippen molar-refractivity contribution in [2.75, 3.05) is 0 Å². The number of aromatic amines is 1. The van der Waals surface area contributed by atoms with Crippen LogP contribution in [0.3, 0.4) is 0 Å². The average molecular weight is 376 g/mol. The van der Waals surface area contributed by atoms with E-state index in [1.165, 1.54) is 6.07 Å². The van der Waals surface area contributed by atoms with Gasteiger partial charge in [0.25, 0.3) is 0 Å². The zero-order valence-corrected chi connectivity index (χ0v) is 14.0. The first-order valence-corrected chi connectivity index (χ1v) is 7.81. The van der Waals surface area contributed by atoms with Gasteiger partial charge in [0.2, 0.25) is 0 Å². The van der Waals surface area contributed by atoms with Crippen molar-refractivity contribution in [3.05, 3.63) is 55.2 Å². The van der Waals surface area contributed by atoms with Crippen LogP contribution in [0.1, 0.15) is 30.4 Å². The first-order valence-electron chi connectivity index (χ1n) is 6.23. The lowest BCUT2D eigenvalue weighted by Gasteiger charge is -2.09. The highest BCUT2D eigenvalue weighted by Crippen LogP contribution is 2.23. The molecule has 0 aliphatic carbocycles. The molecule has 1 heterocycles. The third-order valence-electron chi connectivity index (χ3n) is 2.89. The van der Waals surface area contributed by atoms with Gasteiger partial charge in [0.05, 0.1) is 4.47 Å². The van der Waals surface area contributed by atoms with Gasteiger partial charge < -0.3 is 4.98 Å². The summed E-state index contributed by atoms with van der Waals surface area (Å²) < 4.78 is 15.1. The number of nitrogens with zero attached hydrogens (tertiary/aromatic N) is 1. The van der Waals surface area contributed by atoms with Crippen LogP contribution in [0.2, 0.25) is 5.02 Å². The molecule has 20 heavy (non-hydrogen) atoms. The van der Waals surface area contributed by atoms with E-state index in [4.69, 9.17) is 23.8 Å². The molecule has 0 atom stereocenters. The zero-order chi connectivity index (χ0) is 14.7. The molecule has 2 rings (SSSR count). The second kappa shape index (κ2) is 6.78. The van der Waals surface area contributed by atoms with E-state index in [2.05, 4.69) is 32.8 Å². The minimum Gasteiger partial charge on any atom is -0.346 e. The highest BCUT2D eigenvalue weighted by molar-refractivity contribution is 9.10. The maximum absolute atomic E-state index is 13.8. The normalized spacial score (nSPS) is 10.8. The van der Waals surface area contributed by atoms with Gasteiger partial charge in [0, 0.05) is 22.7 Å². The van der Waals surface area contributed by atoms with E-state index in [-0.39, 0.29) is 5.82 Å². The molecule has 1 aromatic heterocycles. The van der Waals surface area contributed by atoms with Gasteiger partial charge in [-0.05, 0) is 34.5 Å². The molecular weight excluding hydrogens is 363 g/mol. The molecule has 0 fully saturated rings. The fourth-order valence-electron chi connectivity index (χ4n) is 1.93. The Hall–Kier alpha value is -0.780.